The van der Waals surface area contributed by atoms with E-state index in [-0.39, 0.29) is 5.75 Å². The summed E-state index contributed by atoms with van der Waals surface area (Å²) < 4.78 is 37.1. The second kappa shape index (κ2) is 11.1. The van der Waals surface area contributed by atoms with E-state index in [4.69, 9.17) is 30.1 Å². The molecule has 12 nitrogen and oxygen atoms in total. The van der Waals surface area contributed by atoms with Gasteiger partial charge in [0.1, 0.15) is 28.9 Å². The summed E-state index contributed by atoms with van der Waals surface area (Å²) >= 11 is 6.66. The fourth-order valence-electron chi connectivity index (χ4n) is 3.77. The number of hydrogen-bond donors (Lipinski definition) is 3. The lowest BCUT2D eigenvalue weighted by molar-refractivity contribution is -0.149. The molecule has 3 N–H and O–H groups in total. The van der Waals surface area contributed by atoms with Crippen LogP contribution < -0.4 is 20.9 Å². The third-order valence-electron chi connectivity index (χ3n) is 5.91. The smallest absolute Gasteiger partial charge is 0.459 e. The van der Waals surface area contributed by atoms with E-state index < -0.39 is 66.5 Å². The molecule has 0 bridgehead atoms. The second-order valence-corrected chi connectivity index (χ2v) is 11.7. The number of ether oxygens (including phenoxy) is 2. The minimum Gasteiger partial charge on any atom is -0.462 e. The van der Waals surface area contributed by atoms with E-state index in [0.29, 0.717) is 0 Å². The standard InChI is InChI=1S/C23H31ClN3O9P/c1-14(2)34-20(30)15(3)26-37(32,36-16-9-7-6-8-10-16)33-13-17-19(29)22(4,24)23(5,35-17)27-12-11-18(28)25-21(27)31/h6-12,14-15,17,19,29H,13H2,1-5H3,(H,26,32)(H,25,28,31)/t15?,17?,19-,22-,23+,37-/m1/s1. The van der Waals surface area contributed by atoms with E-state index in [9.17, 15) is 24.1 Å². The molecular formula is C23H31ClN3O9P. The van der Waals surface area contributed by atoms with Gasteiger partial charge in [-0.05, 0) is 46.8 Å². The molecule has 3 rings (SSSR count). The van der Waals surface area contributed by atoms with Gasteiger partial charge in [0.25, 0.3) is 5.56 Å². The van der Waals surface area contributed by atoms with Crippen molar-refractivity contribution in [3.63, 3.8) is 0 Å². The number of nitrogens with zero attached hydrogens (tertiary/aromatic N) is 1. The van der Waals surface area contributed by atoms with Crippen molar-refractivity contribution in [1.29, 1.82) is 0 Å². The van der Waals surface area contributed by atoms with Crippen LogP contribution >= 0.6 is 19.3 Å². The summed E-state index contributed by atoms with van der Waals surface area (Å²) in [5.74, 6) is -0.478. The Labute approximate surface area is 218 Å². The molecule has 204 valence electrons. The first-order valence-electron chi connectivity index (χ1n) is 11.5. The summed E-state index contributed by atoms with van der Waals surface area (Å²) in [6, 6.07) is 8.19. The zero-order chi connectivity index (χ0) is 27.6. The molecule has 0 aliphatic carbocycles. The number of hydrogen-bond acceptors (Lipinski definition) is 9. The van der Waals surface area contributed by atoms with Crippen molar-refractivity contribution in [3.05, 3.63) is 63.4 Å². The average Bonchev–Trinajstić information content (AvgIpc) is 2.98. The molecule has 1 aliphatic heterocycles. The number of esters is 1. The number of nitrogens with one attached hydrogen (secondary N) is 2. The minimum absolute atomic E-state index is 0.197. The minimum atomic E-state index is -4.25. The SMILES string of the molecule is CC(C)OC(=O)C(C)N[P@@](=O)(OCC1O[C@](C)(n2ccc(=O)[nH]c2=O)[C@](C)(Cl)[C@@H]1O)Oc1ccccc1. The summed E-state index contributed by atoms with van der Waals surface area (Å²) in [7, 11) is -4.25. The van der Waals surface area contributed by atoms with Crippen molar-refractivity contribution < 1.29 is 33.0 Å². The number of rotatable bonds is 10. The van der Waals surface area contributed by atoms with Crippen LogP contribution in [-0.4, -0.2) is 56.5 Å². The highest BCUT2D eigenvalue weighted by atomic mass is 35.5. The third kappa shape index (κ3) is 6.34. The number of alkyl halides is 1. The molecular weight excluding hydrogens is 529 g/mol. The van der Waals surface area contributed by atoms with Crippen LogP contribution in [0.15, 0.2) is 52.2 Å². The molecule has 14 heteroatoms. The van der Waals surface area contributed by atoms with Gasteiger partial charge < -0.3 is 19.1 Å². The van der Waals surface area contributed by atoms with Gasteiger partial charge in [0.15, 0.2) is 5.72 Å². The Morgan fingerprint density at radius 1 is 1.24 bits per heavy atom. The maximum atomic E-state index is 13.7. The van der Waals surface area contributed by atoms with Crippen molar-refractivity contribution in [1.82, 2.24) is 14.6 Å². The summed E-state index contributed by atoms with van der Waals surface area (Å²) in [5.41, 5.74) is -3.04. The van der Waals surface area contributed by atoms with Crippen LogP contribution in [0.2, 0.25) is 0 Å². The van der Waals surface area contributed by atoms with Crippen molar-refractivity contribution >= 4 is 25.3 Å². The Morgan fingerprint density at radius 2 is 1.89 bits per heavy atom. The van der Waals surface area contributed by atoms with E-state index in [0.717, 1.165) is 10.6 Å². The maximum absolute atomic E-state index is 13.7. The van der Waals surface area contributed by atoms with Crippen LogP contribution in [-0.2, 0) is 29.1 Å². The fourth-order valence-corrected chi connectivity index (χ4v) is 5.55. The largest absolute Gasteiger partial charge is 0.462 e. The lowest BCUT2D eigenvalue weighted by Crippen LogP contribution is -2.54. The Morgan fingerprint density at radius 3 is 2.49 bits per heavy atom. The number of halogens is 1. The Kier molecular flexibility index (Phi) is 8.73. The van der Waals surface area contributed by atoms with Crippen molar-refractivity contribution in [2.24, 2.45) is 0 Å². The number of aromatic amines is 1. The molecule has 0 amide bonds. The van der Waals surface area contributed by atoms with Crippen LogP contribution in [0.1, 0.15) is 34.6 Å². The van der Waals surface area contributed by atoms with Crippen LogP contribution in [0.5, 0.6) is 5.75 Å². The molecule has 1 aromatic carbocycles. The number of carbonyl (C=O) groups excluding carboxylic acids is 1. The zero-order valence-corrected chi connectivity index (χ0v) is 22.7. The summed E-state index contributed by atoms with van der Waals surface area (Å²) in [5, 5.41) is 13.5. The molecule has 6 atom stereocenters. The molecule has 0 spiro atoms. The number of carbonyl (C=O) groups is 1. The number of aliphatic hydroxyl groups is 1. The van der Waals surface area contributed by atoms with Crippen molar-refractivity contribution in [2.45, 2.75) is 69.6 Å². The van der Waals surface area contributed by atoms with E-state index in [1.807, 2.05) is 0 Å². The first kappa shape index (κ1) is 29.1. The van der Waals surface area contributed by atoms with E-state index in [1.54, 1.807) is 44.2 Å². The van der Waals surface area contributed by atoms with Gasteiger partial charge in [0.05, 0.1) is 12.7 Å². The lowest BCUT2D eigenvalue weighted by atomic mass is 9.93. The molecule has 2 aromatic rings. The van der Waals surface area contributed by atoms with Gasteiger partial charge in [-0.15, -0.1) is 11.6 Å². The van der Waals surface area contributed by atoms with Gasteiger partial charge in [-0.2, -0.15) is 5.09 Å². The highest BCUT2D eigenvalue weighted by Gasteiger charge is 2.61. The normalized spacial score (nSPS) is 28.0. The summed E-state index contributed by atoms with van der Waals surface area (Å²) in [4.78, 5) is 36.8. The highest BCUT2D eigenvalue weighted by molar-refractivity contribution is 7.52. The first-order valence-corrected chi connectivity index (χ1v) is 13.5. The van der Waals surface area contributed by atoms with Crippen molar-refractivity contribution in [2.75, 3.05) is 6.61 Å². The monoisotopic (exact) mass is 559 g/mol. The van der Waals surface area contributed by atoms with Crippen LogP contribution in [0.3, 0.4) is 0 Å². The predicted molar refractivity (Wildman–Crippen MR) is 135 cm³/mol. The Bertz CT molecular complexity index is 1270. The van der Waals surface area contributed by atoms with Gasteiger partial charge in [-0.1, -0.05) is 18.2 Å². The lowest BCUT2D eigenvalue weighted by Gasteiger charge is -2.36. The molecule has 2 unspecified atom stereocenters. The number of aromatic nitrogens is 2. The Hall–Kier alpha value is -2.47. The molecule has 2 heterocycles. The molecule has 1 aliphatic rings. The topological polar surface area (TPSA) is 158 Å². The molecule has 0 saturated carbocycles. The van der Waals surface area contributed by atoms with Gasteiger partial charge in [-0.3, -0.25) is 23.7 Å². The number of H-pyrrole nitrogens is 1. The van der Waals surface area contributed by atoms with E-state index >= 15 is 0 Å². The van der Waals surface area contributed by atoms with Crippen LogP contribution in [0, 0.1) is 0 Å². The maximum Gasteiger partial charge on any atom is 0.459 e. The summed E-state index contributed by atoms with van der Waals surface area (Å²) in [6.45, 7) is 7.21. The zero-order valence-electron chi connectivity index (χ0n) is 21.0. The van der Waals surface area contributed by atoms with Gasteiger partial charge in [-0.25, -0.2) is 9.36 Å². The summed E-state index contributed by atoms with van der Waals surface area (Å²) in [6.07, 6.45) is -1.79. The second-order valence-electron chi connectivity index (χ2n) is 9.17. The molecule has 37 heavy (non-hydrogen) atoms. The molecule has 0 radical (unpaired) electrons. The number of benzene rings is 1. The first-order chi connectivity index (χ1) is 17.2. The number of para-hydroxylation sites is 1. The van der Waals surface area contributed by atoms with Gasteiger partial charge in [0.2, 0.25) is 0 Å². The van der Waals surface area contributed by atoms with Gasteiger partial charge >= 0.3 is 19.4 Å². The number of aliphatic hydroxyl groups excluding tert-OH is 1. The highest BCUT2D eigenvalue weighted by Crippen LogP contribution is 2.50. The predicted octanol–water partition coefficient (Wildman–Crippen LogP) is 2.10. The average molecular weight is 560 g/mol. The van der Waals surface area contributed by atoms with Crippen molar-refractivity contribution in [3.8, 4) is 5.75 Å². The molecule has 1 aromatic heterocycles. The Balaban J connectivity index is 1.85. The van der Waals surface area contributed by atoms with Gasteiger partial charge in [0, 0.05) is 12.3 Å². The fraction of sp³-hybridized carbons (Fsp3) is 0.522. The third-order valence-corrected chi connectivity index (χ3v) is 8.13. The molecule has 1 saturated heterocycles. The van der Waals surface area contributed by atoms with E-state index in [2.05, 4.69) is 10.1 Å². The van der Waals surface area contributed by atoms with E-state index in [1.165, 1.54) is 27.0 Å². The van der Waals surface area contributed by atoms with Crippen LogP contribution in [0.4, 0.5) is 0 Å². The molecule has 1 fully saturated rings. The quantitative estimate of drug-likeness (QED) is 0.223. The van der Waals surface area contributed by atoms with Crippen LogP contribution in [0.25, 0.3) is 0 Å².